The summed E-state index contributed by atoms with van der Waals surface area (Å²) in [5.41, 5.74) is 4.49. The van der Waals surface area contributed by atoms with Crippen LogP contribution < -0.4 is 10.8 Å². The first-order valence-corrected chi connectivity index (χ1v) is 4.07. The maximum Gasteiger partial charge on any atom is 0.242 e. The Labute approximate surface area is 89.7 Å². The number of carbonyl (C=O) groups is 2. The van der Waals surface area contributed by atoms with E-state index in [9.17, 15) is 14.7 Å². The molecule has 6 heteroatoms. The molecule has 14 heavy (non-hydrogen) atoms. The van der Waals surface area contributed by atoms with Crippen LogP contribution >= 0.6 is 12.4 Å². The maximum absolute atomic E-state index is 11.4. The standard InChI is InChI=1S/C8H16N2O3.ClH/c1-4-10(5-6(11)12)7(13)8(2,3)9;/h4-5,9H2,1-3H3,(H,11,12);1H/p-1. The van der Waals surface area contributed by atoms with Gasteiger partial charge in [-0.05, 0) is 20.8 Å². The van der Waals surface area contributed by atoms with Gasteiger partial charge in [0.15, 0.2) is 0 Å². The normalized spacial score (nSPS) is 10.3. The van der Waals surface area contributed by atoms with E-state index in [4.69, 9.17) is 5.73 Å². The van der Waals surface area contributed by atoms with Crippen LogP contribution in [0.3, 0.4) is 0 Å². The number of amides is 1. The van der Waals surface area contributed by atoms with Gasteiger partial charge in [-0.2, -0.15) is 0 Å². The molecule has 0 rings (SSSR count). The lowest BCUT2D eigenvalue weighted by atomic mass is 10.1. The van der Waals surface area contributed by atoms with Gasteiger partial charge in [0.1, 0.15) is 0 Å². The van der Waals surface area contributed by atoms with Crippen LogP contribution in [0.1, 0.15) is 20.8 Å². The molecule has 0 radical (unpaired) electrons. The van der Waals surface area contributed by atoms with Crippen molar-refractivity contribution in [2.75, 3.05) is 13.1 Å². The molecule has 2 N–H and O–H groups in total. The van der Waals surface area contributed by atoms with Crippen molar-refractivity contribution in [3.05, 3.63) is 0 Å². The molecule has 0 bridgehead atoms. The minimum Gasteiger partial charge on any atom is -0.548 e. The number of halogens is 1. The summed E-state index contributed by atoms with van der Waals surface area (Å²) in [5, 5.41) is 10.3. The Hall–Kier alpha value is -0.810. The molecule has 0 aromatic heterocycles. The van der Waals surface area contributed by atoms with Gasteiger partial charge < -0.3 is 20.5 Å². The Morgan fingerprint density at radius 2 is 1.86 bits per heavy atom. The van der Waals surface area contributed by atoms with Gasteiger partial charge in [-0.1, -0.05) is 0 Å². The molecule has 5 nitrogen and oxygen atoms in total. The lowest BCUT2D eigenvalue weighted by molar-refractivity contribution is -0.306. The zero-order valence-corrected chi connectivity index (χ0v) is 9.39. The number of carboxylic acid groups (broad SMARTS) is 1. The van der Waals surface area contributed by atoms with E-state index in [1.165, 1.54) is 13.8 Å². The van der Waals surface area contributed by atoms with Gasteiger partial charge >= 0.3 is 0 Å². The predicted octanol–water partition coefficient (Wildman–Crippen LogP) is -1.26. The van der Waals surface area contributed by atoms with Gasteiger partial charge in [0.05, 0.1) is 18.1 Å². The molecule has 0 heterocycles. The minimum atomic E-state index is -1.28. The molecule has 0 aliphatic rings. The summed E-state index contributed by atoms with van der Waals surface area (Å²) < 4.78 is 0. The van der Waals surface area contributed by atoms with Crippen molar-refractivity contribution >= 4 is 24.3 Å². The third-order valence-corrected chi connectivity index (χ3v) is 1.54. The predicted molar refractivity (Wildman–Crippen MR) is 52.8 cm³/mol. The number of hydrogen-bond donors (Lipinski definition) is 1. The van der Waals surface area contributed by atoms with Crippen LogP contribution in [0.2, 0.25) is 0 Å². The quantitative estimate of drug-likeness (QED) is 0.645. The average molecular weight is 224 g/mol. The molecule has 0 fully saturated rings. The van der Waals surface area contributed by atoms with Crippen molar-refractivity contribution in [2.24, 2.45) is 5.73 Å². The highest BCUT2D eigenvalue weighted by Gasteiger charge is 2.26. The summed E-state index contributed by atoms with van der Waals surface area (Å²) in [7, 11) is 0. The van der Waals surface area contributed by atoms with Gasteiger partial charge in [0, 0.05) is 6.54 Å². The zero-order chi connectivity index (χ0) is 10.6. The van der Waals surface area contributed by atoms with Crippen molar-refractivity contribution in [1.29, 1.82) is 0 Å². The highest BCUT2D eigenvalue weighted by molar-refractivity contribution is 5.87. The summed E-state index contributed by atoms with van der Waals surface area (Å²) in [6, 6.07) is 0. The van der Waals surface area contributed by atoms with Crippen molar-refractivity contribution in [1.82, 2.24) is 4.90 Å². The first kappa shape index (κ1) is 15.7. The second kappa shape index (κ2) is 5.82. The SMILES string of the molecule is CCN(CC(=O)[O-])C(=O)C(C)(C)N.Cl. The third-order valence-electron chi connectivity index (χ3n) is 1.54. The summed E-state index contributed by atoms with van der Waals surface area (Å²) in [4.78, 5) is 22.8. The van der Waals surface area contributed by atoms with E-state index in [-0.39, 0.29) is 18.3 Å². The second-order valence-electron chi connectivity index (χ2n) is 3.41. The molecule has 0 atom stereocenters. The van der Waals surface area contributed by atoms with E-state index in [1.54, 1.807) is 6.92 Å². The second-order valence-corrected chi connectivity index (χ2v) is 3.41. The summed E-state index contributed by atoms with van der Waals surface area (Å²) in [6.45, 7) is 4.66. The highest BCUT2D eigenvalue weighted by Crippen LogP contribution is 2.03. The first-order chi connectivity index (χ1) is 5.79. The summed E-state index contributed by atoms with van der Waals surface area (Å²) in [6.07, 6.45) is 0. The molecule has 0 aromatic rings. The van der Waals surface area contributed by atoms with E-state index in [0.717, 1.165) is 4.90 Å². The number of rotatable bonds is 4. The summed E-state index contributed by atoms with van der Waals surface area (Å²) in [5.74, 6) is -1.67. The van der Waals surface area contributed by atoms with Gasteiger partial charge in [0.25, 0.3) is 0 Å². The molecule has 0 aliphatic heterocycles. The van der Waals surface area contributed by atoms with Crippen LogP contribution in [-0.4, -0.2) is 35.4 Å². The number of aliphatic carboxylic acids is 1. The summed E-state index contributed by atoms with van der Waals surface area (Å²) >= 11 is 0. The number of nitrogens with zero attached hydrogens (tertiary/aromatic N) is 1. The molecule has 0 aromatic carbocycles. The van der Waals surface area contributed by atoms with Crippen LogP contribution in [0.15, 0.2) is 0 Å². The van der Waals surface area contributed by atoms with E-state index < -0.39 is 18.1 Å². The zero-order valence-electron chi connectivity index (χ0n) is 8.57. The highest BCUT2D eigenvalue weighted by atomic mass is 35.5. The smallest absolute Gasteiger partial charge is 0.242 e. The lowest BCUT2D eigenvalue weighted by Gasteiger charge is -2.28. The number of carboxylic acids is 1. The molecular formula is C8H16ClN2O3-. The van der Waals surface area contributed by atoms with Crippen LogP contribution in [0, 0.1) is 0 Å². The van der Waals surface area contributed by atoms with Crippen molar-refractivity contribution in [2.45, 2.75) is 26.3 Å². The van der Waals surface area contributed by atoms with Crippen LogP contribution in [-0.2, 0) is 9.59 Å². The fraction of sp³-hybridized carbons (Fsp3) is 0.750. The molecular weight excluding hydrogens is 208 g/mol. The Balaban J connectivity index is 0. The molecule has 84 valence electrons. The maximum atomic E-state index is 11.4. The number of hydrogen-bond acceptors (Lipinski definition) is 4. The monoisotopic (exact) mass is 223 g/mol. The molecule has 0 unspecified atom stereocenters. The molecule has 0 saturated heterocycles. The van der Waals surface area contributed by atoms with Crippen molar-refractivity contribution < 1.29 is 14.7 Å². The van der Waals surface area contributed by atoms with E-state index >= 15 is 0 Å². The van der Waals surface area contributed by atoms with Gasteiger partial charge in [-0.15, -0.1) is 12.4 Å². The van der Waals surface area contributed by atoms with Crippen molar-refractivity contribution in [3.8, 4) is 0 Å². The molecule has 0 aliphatic carbocycles. The molecule has 1 amide bonds. The van der Waals surface area contributed by atoms with Crippen LogP contribution in [0.5, 0.6) is 0 Å². The van der Waals surface area contributed by atoms with Crippen molar-refractivity contribution in [3.63, 3.8) is 0 Å². The lowest BCUT2D eigenvalue weighted by Crippen LogP contribution is -2.53. The van der Waals surface area contributed by atoms with Gasteiger partial charge in [0.2, 0.25) is 5.91 Å². The number of likely N-dealkylation sites (N-methyl/N-ethyl adjacent to an activating group) is 1. The molecule has 0 spiro atoms. The van der Waals surface area contributed by atoms with E-state index in [1.807, 2.05) is 0 Å². The topological polar surface area (TPSA) is 86.5 Å². The third kappa shape index (κ3) is 5.04. The largest absolute Gasteiger partial charge is 0.548 e. The average Bonchev–Trinajstić information content (AvgIpc) is 1.96. The van der Waals surface area contributed by atoms with Crippen LogP contribution in [0.25, 0.3) is 0 Å². The first-order valence-electron chi connectivity index (χ1n) is 4.07. The van der Waals surface area contributed by atoms with Crippen LogP contribution in [0.4, 0.5) is 0 Å². The molecule has 0 saturated carbocycles. The Kier molecular flexibility index (Phi) is 6.51. The Morgan fingerprint density at radius 3 is 2.07 bits per heavy atom. The fourth-order valence-corrected chi connectivity index (χ4v) is 0.891. The Morgan fingerprint density at radius 1 is 1.43 bits per heavy atom. The number of nitrogens with two attached hydrogens (primary N) is 1. The van der Waals surface area contributed by atoms with E-state index in [0.29, 0.717) is 6.54 Å². The van der Waals surface area contributed by atoms with Gasteiger partial charge in [-0.3, -0.25) is 4.79 Å². The minimum absolute atomic E-state index is 0. The number of carbonyl (C=O) groups excluding carboxylic acids is 2. The van der Waals surface area contributed by atoms with Gasteiger partial charge in [-0.25, -0.2) is 0 Å². The van der Waals surface area contributed by atoms with E-state index in [2.05, 4.69) is 0 Å². The fourth-order valence-electron chi connectivity index (χ4n) is 0.891. The Bertz CT molecular complexity index is 213.